The van der Waals surface area contributed by atoms with Gasteiger partial charge in [0.1, 0.15) is 23.4 Å². The number of nitrogens with zero attached hydrogens (tertiary/aromatic N) is 1. The van der Waals surface area contributed by atoms with Crippen LogP contribution in [0.5, 0.6) is 11.5 Å². The Kier molecular flexibility index (Phi) is 11.7. The molecule has 0 spiro atoms. The van der Waals surface area contributed by atoms with E-state index in [1.54, 1.807) is 30.3 Å². The number of aromatic hydroxyl groups is 1. The molecule has 1 unspecified atom stereocenters. The van der Waals surface area contributed by atoms with Crippen LogP contribution in [0.1, 0.15) is 47.1 Å². The number of carbonyl (C=O) groups excluding carboxylic acids is 2. The highest BCUT2D eigenvalue weighted by atomic mass is 35.5. The number of hydrogen-bond donors (Lipinski definition) is 3. The third-order valence-electron chi connectivity index (χ3n) is 6.29. The molecule has 0 saturated carbocycles. The molecule has 2 rings (SSSR count). The smallest absolute Gasteiger partial charge is 0.264 e. The summed E-state index contributed by atoms with van der Waals surface area (Å²) >= 11 is 5.61. The quantitative estimate of drug-likeness (QED) is 0.296. The average molecular weight is 596 g/mol. The standard InChI is InChI=1S/C29H42ClN3O6S/c1-19(2)18-33(40(37,38)23-13-11-22(39-7)12-14-23)24-10-8-9-21(26(24)35)15-20(3)17-31-28(36)27(29(4,5)6)32-25(34)16-30/h8-14,19-20,27,35H,15-18H2,1-7H3,(H,31,36)(H,32,34)/t20?,27-/m0/s1. The van der Waals surface area contributed by atoms with Crippen molar-refractivity contribution in [2.24, 2.45) is 17.3 Å². The zero-order chi connectivity index (χ0) is 30.3. The van der Waals surface area contributed by atoms with Crippen LogP contribution in [0.25, 0.3) is 0 Å². The molecule has 0 aliphatic rings. The summed E-state index contributed by atoms with van der Waals surface area (Å²) < 4.78 is 33.7. The Morgan fingerprint density at radius 1 is 1.07 bits per heavy atom. The number of alkyl halides is 1. The predicted octanol–water partition coefficient (Wildman–Crippen LogP) is 4.32. The Balaban J connectivity index is 2.27. The summed E-state index contributed by atoms with van der Waals surface area (Å²) in [7, 11) is -2.48. The Bertz CT molecular complexity index is 1260. The van der Waals surface area contributed by atoms with E-state index in [2.05, 4.69) is 10.6 Å². The van der Waals surface area contributed by atoms with Crippen molar-refractivity contribution in [1.82, 2.24) is 10.6 Å². The second-order valence-corrected chi connectivity index (χ2v) is 13.6. The Hall–Kier alpha value is -2.98. The van der Waals surface area contributed by atoms with E-state index in [4.69, 9.17) is 16.3 Å². The van der Waals surface area contributed by atoms with Gasteiger partial charge in [-0.25, -0.2) is 8.42 Å². The lowest BCUT2D eigenvalue weighted by molar-refractivity contribution is -0.130. The molecule has 0 aromatic heterocycles. The topological polar surface area (TPSA) is 125 Å². The molecule has 11 heteroatoms. The van der Waals surface area contributed by atoms with Crippen molar-refractivity contribution in [2.45, 2.75) is 58.9 Å². The van der Waals surface area contributed by atoms with E-state index >= 15 is 0 Å². The van der Waals surface area contributed by atoms with Crippen LogP contribution in [0, 0.1) is 17.3 Å². The Morgan fingerprint density at radius 2 is 1.70 bits per heavy atom. The first-order valence-corrected chi connectivity index (χ1v) is 15.2. The lowest BCUT2D eigenvalue weighted by atomic mass is 9.86. The normalized spacial score (nSPS) is 13.4. The van der Waals surface area contributed by atoms with Crippen LogP contribution in [0.2, 0.25) is 0 Å². The number of benzene rings is 2. The fourth-order valence-corrected chi connectivity index (χ4v) is 5.89. The van der Waals surface area contributed by atoms with Gasteiger partial charge in [-0.1, -0.05) is 53.7 Å². The third kappa shape index (κ3) is 8.76. The van der Waals surface area contributed by atoms with Gasteiger partial charge in [0.25, 0.3) is 10.0 Å². The lowest BCUT2D eigenvalue weighted by Gasteiger charge is -2.30. The summed E-state index contributed by atoms with van der Waals surface area (Å²) in [6.07, 6.45) is 0.381. The molecule has 40 heavy (non-hydrogen) atoms. The maximum Gasteiger partial charge on any atom is 0.264 e. The number of rotatable bonds is 13. The summed E-state index contributed by atoms with van der Waals surface area (Å²) in [6, 6.07) is 10.4. The molecule has 2 atom stereocenters. The zero-order valence-electron chi connectivity index (χ0n) is 24.3. The van der Waals surface area contributed by atoms with E-state index in [0.29, 0.717) is 17.7 Å². The molecule has 3 N–H and O–H groups in total. The van der Waals surface area contributed by atoms with E-state index in [1.807, 2.05) is 41.5 Å². The summed E-state index contributed by atoms with van der Waals surface area (Å²) in [5.74, 6) is -0.706. The fourth-order valence-electron chi connectivity index (χ4n) is 4.18. The second-order valence-electron chi connectivity index (χ2n) is 11.4. The third-order valence-corrected chi connectivity index (χ3v) is 8.33. The number of phenols is 1. The molecular weight excluding hydrogens is 554 g/mol. The summed E-state index contributed by atoms with van der Waals surface area (Å²) in [6.45, 7) is 11.7. The summed E-state index contributed by atoms with van der Waals surface area (Å²) in [5.41, 5.74) is 0.215. The first kappa shape index (κ1) is 33.2. The number of halogens is 1. The molecule has 222 valence electrons. The van der Waals surface area contributed by atoms with Crippen LogP contribution in [-0.2, 0) is 26.0 Å². The SMILES string of the molecule is COc1ccc(S(=O)(=O)N(CC(C)C)c2cccc(CC(C)CNC(=O)[C@H](NC(=O)CCl)C(C)(C)C)c2O)cc1. The van der Waals surface area contributed by atoms with E-state index in [1.165, 1.54) is 23.5 Å². The lowest BCUT2D eigenvalue weighted by Crippen LogP contribution is -2.54. The van der Waals surface area contributed by atoms with Crippen molar-refractivity contribution >= 4 is 39.1 Å². The van der Waals surface area contributed by atoms with Gasteiger partial charge in [-0.15, -0.1) is 11.6 Å². The van der Waals surface area contributed by atoms with Crippen molar-refractivity contribution in [3.05, 3.63) is 48.0 Å². The molecule has 0 heterocycles. The Morgan fingerprint density at radius 3 is 2.23 bits per heavy atom. The number of methoxy groups -OCH3 is 1. The van der Waals surface area contributed by atoms with Crippen LogP contribution in [0.15, 0.2) is 47.4 Å². The predicted molar refractivity (Wildman–Crippen MR) is 158 cm³/mol. The van der Waals surface area contributed by atoms with Gasteiger partial charge < -0.3 is 20.5 Å². The van der Waals surface area contributed by atoms with E-state index in [9.17, 15) is 23.1 Å². The molecular formula is C29H42ClN3O6S. The number of phenolic OH excluding ortho intramolecular Hbond substituents is 1. The maximum atomic E-state index is 13.7. The monoisotopic (exact) mass is 595 g/mol. The average Bonchev–Trinajstić information content (AvgIpc) is 2.89. The molecule has 0 aliphatic heterocycles. The van der Waals surface area contributed by atoms with Crippen LogP contribution < -0.4 is 19.7 Å². The molecule has 2 amide bonds. The molecule has 2 aromatic carbocycles. The molecule has 0 bridgehead atoms. The molecule has 0 fully saturated rings. The van der Waals surface area contributed by atoms with Crippen LogP contribution >= 0.6 is 11.6 Å². The van der Waals surface area contributed by atoms with Gasteiger partial charge in [-0.2, -0.15) is 0 Å². The van der Waals surface area contributed by atoms with Gasteiger partial charge in [0.15, 0.2) is 0 Å². The zero-order valence-corrected chi connectivity index (χ0v) is 25.9. The van der Waals surface area contributed by atoms with Crippen molar-refractivity contribution in [3.63, 3.8) is 0 Å². The number of anilines is 1. The Labute approximate surface area is 243 Å². The van der Waals surface area contributed by atoms with Gasteiger partial charge in [-0.05, 0) is 59.6 Å². The van der Waals surface area contributed by atoms with Gasteiger partial charge in [0.2, 0.25) is 11.8 Å². The number of sulfonamides is 1. The molecule has 0 radical (unpaired) electrons. The van der Waals surface area contributed by atoms with Crippen molar-refractivity contribution in [3.8, 4) is 11.5 Å². The fraction of sp³-hybridized carbons (Fsp3) is 0.517. The van der Waals surface area contributed by atoms with Crippen LogP contribution in [0.3, 0.4) is 0 Å². The largest absolute Gasteiger partial charge is 0.505 e. The van der Waals surface area contributed by atoms with E-state index < -0.39 is 27.4 Å². The highest BCUT2D eigenvalue weighted by Gasteiger charge is 2.33. The number of ether oxygens (including phenoxy) is 1. The number of hydrogen-bond acceptors (Lipinski definition) is 6. The minimum absolute atomic E-state index is 0.0136. The number of para-hydroxylation sites is 1. The summed E-state index contributed by atoms with van der Waals surface area (Å²) in [5, 5.41) is 16.8. The first-order valence-electron chi connectivity index (χ1n) is 13.2. The number of nitrogens with one attached hydrogen (secondary N) is 2. The minimum atomic E-state index is -3.98. The van der Waals surface area contributed by atoms with Crippen molar-refractivity contribution < 1.29 is 27.9 Å². The van der Waals surface area contributed by atoms with Gasteiger partial charge >= 0.3 is 0 Å². The second kappa shape index (κ2) is 14.1. The van der Waals surface area contributed by atoms with Gasteiger partial charge in [0, 0.05) is 13.1 Å². The molecule has 2 aromatic rings. The highest BCUT2D eigenvalue weighted by Crippen LogP contribution is 2.36. The van der Waals surface area contributed by atoms with Crippen molar-refractivity contribution in [1.29, 1.82) is 0 Å². The van der Waals surface area contributed by atoms with Gasteiger partial charge in [-0.3, -0.25) is 13.9 Å². The molecule has 0 saturated heterocycles. The van der Waals surface area contributed by atoms with E-state index in [0.717, 1.165) is 0 Å². The van der Waals surface area contributed by atoms with Crippen LogP contribution in [0.4, 0.5) is 5.69 Å². The molecule has 0 aliphatic carbocycles. The first-order chi connectivity index (χ1) is 18.6. The minimum Gasteiger partial charge on any atom is -0.505 e. The van der Waals surface area contributed by atoms with E-state index in [-0.39, 0.29) is 53.0 Å². The summed E-state index contributed by atoms with van der Waals surface area (Å²) in [4.78, 5) is 24.8. The number of carbonyl (C=O) groups is 2. The molecule has 9 nitrogen and oxygen atoms in total. The maximum absolute atomic E-state index is 13.7. The number of amides is 2. The van der Waals surface area contributed by atoms with Crippen molar-refractivity contribution in [2.75, 3.05) is 30.4 Å². The van der Waals surface area contributed by atoms with Gasteiger partial charge in [0.05, 0.1) is 17.7 Å². The van der Waals surface area contributed by atoms with Crippen LogP contribution in [-0.4, -0.2) is 57.5 Å². The highest BCUT2D eigenvalue weighted by molar-refractivity contribution is 7.92.